The second kappa shape index (κ2) is 5.75. The van der Waals surface area contributed by atoms with Gasteiger partial charge in [-0.2, -0.15) is 0 Å². The molecule has 0 aliphatic heterocycles. The van der Waals surface area contributed by atoms with E-state index in [2.05, 4.69) is 6.07 Å². The molecule has 0 fully saturated rings. The van der Waals surface area contributed by atoms with E-state index in [0.717, 1.165) is 5.56 Å². The van der Waals surface area contributed by atoms with E-state index in [-0.39, 0.29) is 11.6 Å². The van der Waals surface area contributed by atoms with Gasteiger partial charge >= 0.3 is 0 Å². The molecule has 21 heavy (non-hydrogen) atoms. The largest absolute Gasteiger partial charge is 0.504 e. The van der Waals surface area contributed by atoms with Crippen LogP contribution in [0.15, 0.2) is 24.3 Å². The Morgan fingerprint density at radius 3 is 2.57 bits per heavy atom. The van der Waals surface area contributed by atoms with Crippen LogP contribution in [0.25, 0.3) is 11.1 Å². The zero-order chi connectivity index (χ0) is 15.6. The van der Waals surface area contributed by atoms with Gasteiger partial charge in [-0.1, -0.05) is 12.1 Å². The number of nitrogens with two attached hydrogens (primary N) is 1. The number of benzene rings is 2. The maximum atomic E-state index is 10.4. The van der Waals surface area contributed by atoms with Crippen molar-refractivity contribution in [3.05, 3.63) is 41.5 Å². The van der Waals surface area contributed by atoms with Crippen molar-refractivity contribution in [2.24, 2.45) is 5.73 Å². The van der Waals surface area contributed by atoms with Crippen molar-refractivity contribution in [3.8, 4) is 28.4 Å². The van der Waals surface area contributed by atoms with Crippen LogP contribution < -0.4 is 15.2 Å². The first kappa shape index (κ1) is 14.7. The quantitative estimate of drug-likeness (QED) is 0.594. The van der Waals surface area contributed by atoms with Crippen LogP contribution in [0, 0.1) is 18.4 Å². The number of amidine groups is 1. The summed E-state index contributed by atoms with van der Waals surface area (Å²) in [6, 6.07) is 9.71. The predicted molar refractivity (Wildman–Crippen MR) is 81.2 cm³/mol. The van der Waals surface area contributed by atoms with Gasteiger partial charge in [-0.25, -0.2) is 0 Å². The lowest BCUT2D eigenvalue weighted by molar-refractivity contribution is 0.365. The highest BCUT2D eigenvalue weighted by Gasteiger charge is 2.18. The highest BCUT2D eigenvalue weighted by Crippen LogP contribution is 2.42. The van der Waals surface area contributed by atoms with E-state index < -0.39 is 0 Å². The van der Waals surface area contributed by atoms with Gasteiger partial charge in [0.15, 0.2) is 11.5 Å². The highest BCUT2D eigenvalue weighted by molar-refractivity contribution is 6.03. The molecule has 0 spiro atoms. The van der Waals surface area contributed by atoms with E-state index in [9.17, 15) is 5.11 Å². The number of aromatic hydroxyl groups is 1. The first-order valence-corrected chi connectivity index (χ1v) is 6.30. The lowest BCUT2D eigenvalue weighted by atomic mass is 9.93. The standard InChI is InChI=1S/C16H17N2O3/c1-9-5-4-6-11(16(17)18)14(9)12-7-10(20-2)8-13(21-3)15(12)19/h4,6-8,19H,1-3H3,(H3,17,18). The molecule has 2 rings (SSSR count). The van der Waals surface area contributed by atoms with Crippen LogP contribution >= 0.6 is 0 Å². The average Bonchev–Trinajstić information content (AvgIpc) is 2.47. The van der Waals surface area contributed by atoms with Crippen LogP contribution in [-0.2, 0) is 0 Å². The normalized spacial score (nSPS) is 10.2. The molecule has 1 radical (unpaired) electrons. The van der Waals surface area contributed by atoms with Crippen LogP contribution in [0.1, 0.15) is 11.1 Å². The minimum Gasteiger partial charge on any atom is -0.504 e. The second-order valence-electron chi connectivity index (χ2n) is 4.53. The van der Waals surface area contributed by atoms with Crippen LogP contribution in [0.4, 0.5) is 0 Å². The molecule has 0 aliphatic rings. The SMILES string of the molecule is COc1cc(OC)c(O)c(-c2c(C)[c]ccc2C(=N)N)c1. The van der Waals surface area contributed by atoms with E-state index in [1.54, 1.807) is 24.3 Å². The number of ether oxygens (including phenoxy) is 2. The number of nitrogens with one attached hydrogen (secondary N) is 1. The molecular weight excluding hydrogens is 268 g/mol. The van der Waals surface area contributed by atoms with Crippen molar-refractivity contribution in [1.29, 1.82) is 5.41 Å². The summed E-state index contributed by atoms with van der Waals surface area (Å²) in [4.78, 5) is 0. The van der Waals surface area contributed by atoms with Crippen molar-refractivity contribution >= 4 is 5.84 Å². The van der Waals surface area contributed by atoms with Crippen LogP contribution in [-0.4, -0.2) is 25.2 Å². The Kier molecular flexibility index (Phi) is 4.03. The minimum atomic E-state index is -0.0803. The number of rotatable bonds is 4. The Morgan fingerprint density at radius 2 is 2.00 bits per heavy atom. The lowest BCUT2D eigenvalue weighted by Gasteiger charge is -2.16. The van der Waals surface area contributed by atoms with Crippen molar-refractivity contribution in [2.75, 3.05) is 14.2 Å². The van der Waals surface area contributed by atoms with Gasteiger partial charge in [0.25, 0.3) is 0 Å². The highest BCUT2D eigenvalue weighted by atomic mass is 16.5. The molecule has 2 aromatic rings. The lowest BCUT2D eigenvalue weighted by Crippen LogP contribution is -2.13. The maximum absolute atomic E-state index is 10.4. The van der Waals surface area contributed by atoms with Gasteiger partial charge in [-0.15, -0.1) is 0 Å². The predicted octanol–water partition coefficient (Wildman–Crippen LogP) is 2.47. The molecule has 0 atom stereocenters. The van der Waals surface area contributed by atoms with Crippen molar-refractivity contribution < 1.29 is 14.6 Å². The van der Waals surface area contributed by atoms with E-state index in [4.69, 9.17) is 20.6 Å². The Labute approximate surface area is 123 Å². The third-order valence-corrected chi connectivity index (χ3v) is 3.26. The molecular formula is C16H17N2O3. The smallest absolute Gasteiger partial charge is 0.165 e. The minimum absolute atomic E-state index is 0.0245. The molecule has 0 saturated heterocycles. The molecule has 0 aromatic heterocycles. The van der Waals surface area contributed by atoms with E-state index >= 15 is 0 Å². The molecule has 4 N–H and O–H groups in total. The zero-order valence-electron chi connectivity index (χ0n) is 12.2. The summed E-state index contributed by atoms with van der Waals surface area (Å²) >= 11 is 0. The van der Waals surface area contributed by atoms with Gasteiger partial charge in [0.05, 0.1) is 14.2 Å². The molecule has 5 heteroatoms. The van der Waals surface area contributed by atoms with Crippen LogP contribution in [0.5, 0.6) is 17.2 Å². The zero-order valence-corrected chi connectivity index (χ0v) is 12.2. The molecule has 2 aromatic carbocycles. The first-order chi connectivity index (χ1) is 9.99. The van der Waals surface area contributed by atoms with Gasteiger partial charge in [-0.05, 0) is 24.6 Å². The van der Waals surface area contributed by atoms with Gasteiger partial charge in [0, 0.05) is 22.8 Å². The molecule has 0 saturated carbocycles. The number of aryl methyl sites for hydroxylation is 1. The molecule has 0 aliphatic carbocycles. The van der Waals surface area contributed by atoms with E-state index in [1.165, 1.54) is 14.2 Å². The van der Waals surface area contributed by atoms with Gasteiger partial charge in [0.1, 0.15) is 11.6 Å². The fraction of sp³-hybridized carbons (Fsp3) is 0.188. The average molecular weight is 285 g/mol. The fourth-order valence-corrected chi connectivity index (χ4v) is 2.23. The number of hydrogen-bond donors (Lipinski definition) is 3. The summed E-state index contributed by atoms with van der Waals surface area (Å²) in [6.45, 7) is 1.84. The monoisotopic (exact) mass is 285 g/mol. The second-order valence-corrected chi connectivity index (χ2v) is 4.53. The molecule has 0 amide bonds. The third-order valence-electron chi connectivity index (χ3n) is 3.26. The molecule has 0 heterocycles. The molecule has 0 bridgehead atoms. The number of phenols is 1. The Balaban J connectivity index is 2.81. The molecule has 0 unspecified atom stereocenters. The summed E-state index contributed by atoms with van der Waals surface area (Å²) < 4.78 is 10.4. The first-order valence-electron chi connectivity index (χ1n) is 6.30. The van der Waals surface area contributed by atoms with Gasteiger partial charge < -0.3 is 20.3 Å². The van der Waals surface area contributed by atoms with Crippen LogP contribution in [0.3, 0.4) is 0 Å². The van der Waals surface area contributed by atoms with Crippen molar-refractivity contribution in [1.82, 2.24) is 0 Å². The van der Waals surface area contributed by atoms with E-state index in [0.29, 0.717) is 28.2 Å². The van der Waals surface area contributed by atoms with Gasteiger partial charge in [-0.3, -0.25) is 5.41 Å². The third kappa shape index (κ3) is 2.63. The Hall–Kier alpha value is -2.69. The Bertz CT molecular complexity index is 696. The number of phenolic OH excluding ortho intramolecular Hbond substituents is 1. The van der Waals surface area contributed by atoms with Crippen LogP contribution in [0.2, 0.25) is 0 Å². The summed E-state index contributed by atoms with van der Waals surface area (Å²) in [5.41, 5.74) is 8.06. The maximum Gasteiger partial charge on any atom is 0.165 e. The number of methoxy groups -OCH3 is 2. The van der Waals surface area contributed by atoms with Crippen molar-refractivity contribution in [3.63, 3.8) is 0 Å². The summed E-state index contributed by atoms with van der Waals surface area (Å²) in [6.07, 6.45) is 0. The molecule has 109 valence electrons. The number of hydrogen-bond acceptors (Lipinski definition) is 4. The Morgan fingerprint density at radius 1 is 1.29 bits per heavy atom. The summed E-state index contributed by atoms with van der Waals surface area (Å²) in [7, 11) is 3.00. The van der Waals surface area contributed by atoms with Crippen molar-refractivity contribution in [2.45, 2.75) is 6.92 Å². The summed E-state index contributed by atoms with van der Waals surface area (Å²) in [5, 5.41) is 18.1. The van der Waals surface area contributed by atoms with Gasteiger partial charge in [0.2, 0.25) is 0 Å². The molecule has 5 nitrogen and oxygen atoms in total. The van der Waals surface area contributed by atoms with E-state index in [1.807, 2.05) is 6.92 Å². The number of nitrogen functional groups attached to an aromatic ring is 1. The fourth-order valence-electron chi connectivity index (χ4n) is 2.23. The topological polar surface area (TPSA) is 88.6 Å². The summed E-state index contributed by atoms with van der Waals surface area (Å²) in [5.74, 6) is 0.728.